The first-order valence-electron chi connectivity index (χ1n) is 7.79. The Balaban J connectivity index is 1.72. The van der Waals surface area contributed by atoms with Gasteiger partial charge in [0.15, 0.2) is 9.90 Å². The fourth-order valence-corrected chi connectivity index (χ4v) is 6.14. The second-order valence-corrected chi connectivity index (χ2v) is 8.91. The molecule has 128 valence electrons. The summed E-state index contributed by atoms with van der Waals surface area (Å²) >= 11 is 0.966. The number of hydrogen-bond donors (Lipinski definition) is 1. The second-order valence-electron chi connectivity index (χ2n) is 5.92. The molecule has 1 unspecified atom stereocenters. The molecule has 1 N–H and O–H groups in total. The molecule has 0 bridgehead atoms. The van der Waals surface area contributed by atoms with Gasteiger partial charge in [0.05, 0.1) is 12.6 Å². The Labute approximate surface area is 140 Å². The maximum Gasteiger partial charge on any atom is 0.358 e. The third-order valence-corrected chi connectivity index (χ3v) is 7.90. The molecule has 2 aliphatic heterocycles. The van der Waals surface area contributed by atoms with E-state index >= 15 is 0 Å². The monoisotopic (exact) mass is 359 g/mol. The molecule has 2 aliphatic rings. The number of nitrogens with one attached hydrogen (secondary N) is 1. The summed E-state index contributed by atoms with van der Waals surface area (Å²) in [6, 6.07) is 0.522. The summed E-state index contributed by atoms with van der Waals surface area (Å²) in [5.41, 5.74) is 1.26. The van der Waals surface area contributed by atoms with E-state index in [0.29, 0.717) is 25.0 Å². The van der Waals surface area contributed by atoms with Crippen LogP contribution in [0.4, 0.5) is 0 Å². The van der Waals surface area contributed by atoms with Crippen molar-refractivity contribution in [1.29, 1.82) is 0 Å². The van der Waals surface area contributed by atoms with Gasteiger partial charge in [0, 0.05) is 19.1 Å². The van der Waals surface area contributed by atoms with Crippen LogP contribution < -0.4 is 5.32 Å². The van der Waals surface area contributed by atoms with Gasteiger partial charge in [-0.05, 0) is 38.1 Å². The molecule has 23 heavy (non-hydrogen) atoms. The van der Waals surface area contributed by atoms with Crippen LogP contribution in [0.2, 0.25) is 0 Å². The smallest absolute Gasteiger partial charge is 0.358 e. The number of nitrogens with zero attached hydrogens (tertiary/aromatic N) is 2. The number of piperidine rings is 1. The highest BCUT2D eigenvalue weighted by Crippen LogP contribution is 2.31. The number of carbonyl (C=O) groups excluding carboxylic acids is 1. The van der Waals surface area contributed by atoms with Crippen LogP contribution in [0.1, 0.15) is 36.2 Å². The van der Waals surface area contributed by atoms with E-state index in [1.54, 1.807) is 0 Å². The van der Waals surface area contributed by atoms with E-state index in [4.69, 9.17) is 0 Å². The number of methoxy groups -OCH3 is 1. The summed E-state index contributed by atoms with van der Waals surface area (Å²) in [7, 11) is -2.46. The van der Waals surface area contributed by atoms with Crippen molar-refractivity contribution in [1.82, 2.24) is 14.6 Å². The fourth-order valence-electron chi connectivity index (χ4n) is 3.40. The predicted molar refractivity (Wildman–Crippen MR) is 86.0 cm³/mol. The van der Waals surface area contributed by atoms with E-state index in [1.807, 2.05) is 0 Å². The highest BCUT2D eigenvalue weighted by Gasteiger charge is 2.36. The van der Waals surface area contributed by atoms with Gasteiger partial charge in [0.2, 0.25) is 0 Å². The van der Waals surface area contributed by atoms with E-state index in [1.165, 1.54) is 29.8 Å². The first-order chi connectivity index (χ1) is 11.0. The SMILES string of the molecule is COC(=O)c1ncsc1S(=O)(=O)N1CCC(C2CCCN2)CC1. The van der Waals surface area contributed by atoms with Gasteiger partial charge in [0.1, 0.15) is 0 Å². The number of aromatic nitrogens is 1. The lowest BCUT2D eigenvalue weighted by Crippen LogP contribution is -2.43. The van der Waals surface area contributed by atoms with Crippen molar-refractivity contribution in [2.75, 3.05) is 26.7 Å². The zero-order valence-corrected chi connectivity index (χ0v) is 14.7. The molecular formula is C14H21N3O4S2. The first kappa shape index (κ1) is 16.8. The van der Waals surface area contributed by atoms with Crippen molar-refractivity contribution in [3.05, 3.63) is 11.2 Å². The molecule has 1 aromatic rings. The standard InChI is InChI=1S/C14H21N3O4S2/c1-21-13(18)12-14(22-9-16-12)23(19,20)17-7-4-10(5-8-17)11-3-2-6-15-11/h9-11,15H,2-8H2,1H3. The zero-order chi connectivity index (χ0) is 16.4. The highest BCUT2D eigenvalue weighted by atomic mass is 32.2. The minimum Gasteiger partial charge on any atom is -0.464 e. The van der Waals surface area contributed by atoms with Crippen LogP contribution in [0.3, 0.4) is 0 Å². The van der Waals surface area contributed by atoms with Crippen LogP contribution in [-0.4, -0.2) is 56.5 Å². The third kappa shape index (κ3) is 3.28. The Bertz CT molecular complexity index is 659. The number of esters is 1. The van der Waals surface area contributed by atoms with E-state index in [-0.39, 0.29) is 9.90 Å². The molecule has 9 heteroatoms. The molecule has 1 aromatic heterocycles. The Morgan fingerprint density at radius 3 is 2.74 bits per heavy atom. The molecular weight excluding hydrogens is 338 g/mol. The average Bonchev–Trinajstić information content (AvgIpc) is 3.25. The van der Waals surface area contributed by atoms with Crippen molar-refractivity contribution < 1.29 is 17.9 Å². The topological polar surface area (TPSA) is 88.6 Å². The lowest BCUT2D eigenvalue weighted by molar-refractivity contribution is 0.0590. The predicted octanol–water partition coefficient (Wildman–Crippen LogP) is 1.08. The lowest BCUT2D eigenvalue weighted by Gasteiger charge is -2.33. The first-order valence-corrected chi connectivity index (χ1v) is 10.1. The van der Waals surface area contributed by atoms with Crippen molar-refractivity contribution in [2.45, 2.75) is 35.9 Å². The molecule has 3 heterocycles. The number of ether oxygens (including phenoxy) is 1. The molecule has 0 saturated carbocycles. The normalized spacial score (nSPS) is 24.0. The number of carbonyl (C=O) groups is 1. The van der Waals surface area contributed by atoms with Gasteiger partial charge in [-0.15, -0.1) is 11.3 Å². The molecule has 0 aliphatic carbocycles. The van der Waals surface area contributed by atoms with Crippen LogP contribution in [-0.2, 0) is 14.8 Å². The number of hydrogen-bond acceptors (Lipinski definition) is 7. The molecule has 7 nitrogen and oxygen atoms in total. The summed E-state index contributed by atoms with van der Waals surface area (Å²) in [5, 5.41) is 3.50. The minimum atomic E-state index is -3.68. The van der Waals surface area contributed by atoms with Crippen LogP contribution in [0.15, 0.2) is 9.72 Å². The molecule has 1 atom stereocenters. The van der Waals surface area contributed by atoms with Gasteiger partial charge in [-0.2, -0.15) is 4.31 Å². The summed E-state index contributed by atoms with van der Waals surface area (Å²) in [5.74, 6) is -0.180. The molecule has 3 rings (SSSR count). The van der Waals surface area contributed by atoms with Gasteiger partial charge in [0.25, 0.3) is 10.0 Å². The Hall–Kier alpha value is -1.03. The van der Waals surface area contributed by atoms with E-state index in [0.717, 1.165) is 30.7 Å². The van der Waals surface area contributed by atoms with Crippen LogP contribution >= 0.6 is 11.3 Å². The van der Waals surface area contributed by atoms with Crippen LogP contribution in [0.25, 0.3) is 0 Å². The van der Waals surface area contributed by atoms with Crippen LogP contribution in [0.5, 0.6) is 0 Å². The average molecular weight is 359 g/mol. The van der Waals surface area contributed by atoms with Gasteiger partial charge in [-0.25, -0.2) is 18.2 Å². The summed E-state index contributed by atoms with van der Waals surface area (Å²) in [6.45, 7) is 2.04. The van der Waals surface area contributed by atoms with Crippen molar-refractivity contribution in [2.24, 2.45) is 5.92 Å². The van der Waals surface area contributed by atoms with Crippen LogP contribution in [0, 0.1) is 5.92 Å². The molecule has 0 radical (unpaired) electrons. The summed E-state index contributed by atoms with van der Waals surface area (Å²) in [4.78, 5) is 15.5. The van der Waals surface area contributed by atoms with Gasteiger partial charge >= 0.3 is 5.97 Å². The number of rotatable bonds is 4. The maximum absolute atomic E-state index is 12.8. The quantitative estimate of drug-likeness (QED) is 0.810. The fraction of sp³-hybridized carbons (Fsp3) is 0.714. The Morgan fingerprint density at radius 2 is 2.13 bits per heavy atom. The van der Waals surface area contributed by atoms with Gasteiger partial charge < -0.3 is 10.1 Å². The molecule has 0 aromatic carbocycles. The summed E-state index contributed by atoms with van der Waals surface area (Å²) in [6.07, 6.45) is 4.08. The van der Waals surface area contributed by atoms with Gasteiger partial charge in [-0.1, -0.05) is 0 Å². The maximum atomic E-state index is 12.8. The van der Waals surface area contributed by atoms with E-state index < -0.39 is 16.0 Å². The van der Waals surface area contributed by atoms with E-state index in [2.05, 4.69) is 15.0 Å². The largest absolute Gasteiger partial charge is 0.464 e. The van der Waals surface area contributed by atoms with Gasteiger partial charge in [-0.3, -0.25) is 0 Å². The molecule has 0 amide bonds. The zero-order valence-electron chi connectivity index (χ0n) is 13.0. The van der Waals surface area contributed by atoms with Crippen molar-refractivity contribution >= 4 is 27.3 Å². The number of sulfonamides is 1. The third-order valence-electron chi connectivity index (χ3n) is 4.65. The van der Waals surface area contributed by atoms with Crippen molar-refractivity contribution in [3.63, 3.8) is 0 Å². The minimum absolute atomic E-state index is 0.0122. The molecule has 2 fully saturated rings. The van der Waals surface area contributed by atoms with Crippen molar-refractivity contribution in [3.8, 4) is 0 Å². The summed E-state index contributed by atoms with van der Waals surface area (Å²) < 4.78 is 31.7. The Kier molecular flexibility index (Phi) is 5.00. The molecule has 0 spiro atoms. The Morgan fingerprint density at radius 1 is 1.39 bits per heavy atom. The van der Waals surface area contributed by atoms with E-state index in [9.17, 15) is 13.2 Å². The highest BCUT2D eigenvalue weighted by molar-refractivity contribution is 7.91. The second kappa shape index (κ2) is 6.84. The number of thiazole rings is 1. The molecule has 2 saturated heterocycles. The lowest BCUT2D eigenvalue weighted by atomic mass is 9.89.